The zero-order valence-corrected chi connectivity index (χ0v) is 16.4. The molecule has 0 heterocycles. The topological polar surface area (TPSA) is 49.4 Å². The first kappa shape index (κ1) is 20.7. The molecule has 144 valence electrons. The molecule has 0 fully saturated rings. The van der Waals surface area contributed by atoms with Crippen LogP contribution in [0.25, 0.3) is 0 Å². The molecule has 0 aliphatic heterocycles. The molecule has 0 aliphatic carbocycles. The van der Waals surface area contributed by atoms with Gasteiger partial charge < -0.3 is 10.2 Å². The van der Waals surface area contributed by atoms with E-state index in [0.717, 1.165) is 24.0 Å². The first-order valence-corrected chi connectivity index (χ1v) is 9.76. The highest BCUT2D eigenvalue weighted by atomic mass is 16.2. The molecule has 1 N–H and O–H groups in total. The van der Waals surface area contributed by atoms with E-state index in [1.807, 2.05) is 67.6 Å². The minimum Gasteiger partial charge on any atom is -0.354 e. The average Bonchev–Trinajstić information content (AvgIpc) is 2.71. The van der Waals surface area contributed by atoms with Crippen LogP contribution in [0.3, 0.4) is 0 Å². The van der Waals surface area contributed by atoms with Crippen molar-refractivity contribution < 1.29 is 9.59 Å². The summed E-state index contributed by atoms with van der Waals surface area (Å²) in [6, 6.07) is 19.3. The maximum Gasteiger partial charge on any atom is 0.242 e. The number of carbonyl (C=O) groups excluding carboxylic acids is 2. The van der Waals surface area contributed by atoms with Crippen molar-refractivity contribution in [1.82, 2.24) is 10.2 Å². The van der Waals surface area contributed by atoms with Gasteiger partial charge in [-0.05, 0) is 30.9 Å². The number of nitrogens with zero attached hydrogens (tertiary/aromatic N) is 1. The second-order valence-corrected chi connectivity index (χ2v) is 6.81. The zero-order chi connectivity index (χ0) is 19.5. The molecule has 0 aliphatic rings. The van der Waals surface area contributed by atoms with Crippen LogP contribution < -0.4 is 5.32 Å². The molecule has 0 radical (unpaired) electrons. The van der Waals surface area contributed by atoms with Crippen LogP contribution >= 0.6 is 0 Å². The summed E-state index contributed by atoms with van der Waals surface area (Å²) in [6.45, 7) is 4.99. The van der Waals surface area contributed by atoms with E-state index in [0.29, 0.717) is 25.9 Å². The van der Waals surface area contributed by atoms with Crippen LogP contribution in [-0.4, -0.2) is 29.3 Å². The fourth-order valence-electron chi connectivity index (χ4n) is 2.94. The largest absolute Gasteiger partial charge is 0.354 e. The summed E-state index contributed by atoms with van der Waals surface area (Å²) < 4.78 is 0. The predicted octanol–water partition coefficient (Wildman–Crippen LogP) is 3.95. The minimum atomic E-state index is -0.495. The predicted molar refractivity (Wildman–Crippen MR) is 109 cm³/mol. The molecule has 2 amide bonds. The normalized spacial score (nSPS) is 11.6. The van der Waals surface area contributed by atoms with Gasteiger partial charge in [-0.1, -0.05) is 74.0 Å². The molecule has 4 heteroatoms. The Morgan fingerprint density at radius 3 is 2.15 bits per heavy atom. The summed E-state index contributed by atoms with van der Waals surface area (Å²) >= 11 is 0. The SMILES string of the molecule is CCCCNC(=O)[C@H](C)N(Cc1ccccc1)C(=O)CCc1ccccc1. The molecule has 2 rings (SSSR count). The quantitative estimate of drug-likeness (QED) is 0.647. The maximum atomic E-state index is 12.9. The molecular weight excluding hydrogens is 336 g/mol. The van der Waals surface area contributed by atoms with Gasteiger partial charge >= 0.3 is 0 Å². The average molecular weight is 367 g/mol. The molecule has 0 saturated heterocycles. The fourth-order valence-corrected chi connectivity index (χ4v) is 2.94. The van der Waals surface area contributed by atoms with Crippen LogP contribution in [0.4, 0.5) is 0 Å². The van der Waals surface area contributed by atoms with Crippen LogP contribution in [0.5, 0.6) is 0 Å². The van der Waals surface area contributed by atoms with Gasteiger partial charge in [-0.2, -0.15) is 0 Å². The second-order valence-electron chi connectivity index (χ2n) is 6.81. The highest BCUT2D eigenvalue weighted by Gasteiger charge is 2.25. The van der Waals surface area contributed by atoms with Crippen LogP contribution in [0, 0.1) is 0 Å². The van der Waals surface area contributed by atoms with Crippen molar-refractivity contribution in [2.24, 2.45) is 0 Å². The van der Waals surface area contributed by atoms with Gasteiger partial charge in [0.25, 0.3) is 0 Å². The van der Waals surface area contributed by atoms with Gasteiger partial charge in [-0.3, -0.25) is 9.59 Å². The molecular formula is C23H30N2O2. The van der Waals surface area contributed by atoms with E-state index in [1.165, 1.54) is 0 Å². The van der Waals surface area contributed by atoms with Crippen molar-refractivity contribution in [1.29, 1.82) is 0 Å². The summed E-state index contributed by atoms with van der Waals surface area (Å²) in [4.78, 5) is 27.2. The lowest BCUT2D eigenvalue weighted by molar-refractivity contribution is -0.140. The van der Waals surface area contributed by atoms with Gasteiger partial charge in [0, 0.05) is 19.5 Å². The fraction of sp³-hybridized carbons (Fsp3) is 0.391. The van der Waals surface area contributed by atoms with Gasteiger partial charge in [-0.25, -0.2) is 0 Å². The highest BCUT2D eigenvalue weighted by Crippen LogP contribution is 2.13. The van der Waals surface area contributed by atoms with Gasteiger partial charge in [0.05, 0.1) is 0 Å². The molecule has 2 aromatic rings. The number of carbonyl (C=O) groups is 2. The lowest BCUT2D eigenvalue weighted by atomic mass is 10.1. The number of aryl methyl sites for hydroxylation is 1. The molecule has 0 saturated carbocycles. The number of hydrogen-bond acceptors (Lipinski definition) is 2. The third-order valence-corrected chi connectivity index (χ3v) is 4.66. The smallest absolute Gasteiger partial charge is 0.242 e. The maximum absolute atomic E-state index is 12.9. The van der Waals surface area contributed by atoms with Crippen LogP contribution in [0.2, 0.25) is 0 Å². The van der Waals surface area contributed by atoms with E-state index in [2.05, 4.69) is 12.2 Å². The lowest BCUT2D eigenvalue weighted by Gasteiger charge is -2.29. The third-order valence-electron chi connectivity index (χ3n) is 4.66. The summed E-state index contributed by atoms with van der Waals surface area (Å²) in [5.41, 5.74) is 2.16. The van der Waals surface area contributed by atoms with E-state index in [1.54, 1.807) is 4.90 Å². The van der Waals surface area contributed by atoms with Gasteiger partial charge in [-0.15, -0.1) is 0 Å². The Morgan fingerprint density at radius 2 is 1.56 bits per heavy atom. The Labute approximate surface area is 162 Å². The van der Waals surface area contributed by atoms with Gasteiger partial charge in [0.15, 0.2) is 0 Å². The van der Waals surface area contributed by atoms with Crippen molar-refractivity contribution in [2.75, 3.05) is 6.54 Å². The van der Waals surface area contributed by atoms with Crippen molar-refractivity contribution >= 4 is 11.8 Å². The van der Waals surface area contributed by atoms with E-state index in [9.17, 15) is 9.59 Å². The molecule has 0 spiro atoms. The van der Waals surface area contributed by atoms with Crippen molar-refractivity contribution in [3.63, 3.8) is 0 Å². The number of rotatable bonds is 10. The third kappa shape index (κ3) is 6.89. The van der Waals surface area contributed by atoms with Crippen molar-refractivity contribution in [3.05, 3.63) is 71.8 Å². The highest BCUT2D eigenvalue weighted by molar-refractivity contribution is 5.87. The molecule has 0 unspecified atom stereocenters. The number of benzene rings is 2. The number of amides is 2. The van der Waals surface area contributed by atoms with E-state index in [4.69, 9.17) is 0 Å². The first-order chi connectivity index (χ1) is 13.1. The number of hydrogen-bond donors (Lipinski definition) is 1. The Balaban J connectivity index is 2.05. The van der Waals surface area contributed by atoms with E-state index in [-0.39, 0.29) is 11.8 Å². The molecule has 0 bridgehead atoms. The molecule has 2 aromatic carbocycles. The van der Waals surface area contributed by atoms with Gasteiger partial charge in [0.2, 0.25) is 11.8 Å². The van der Waals surface area contributed by atoms with Crippen LogP contribution in [-0.2, 0) is 22.6 Å². The van der Waals surface area contributed by atoms with Crippen LogP contribution in [0.15, 0.2) is 60.7 Å². The van der Waals surface area contributed by atoms with Crippen molar-refractivity contribution in [2.45, 2.75) is 52.1 Å². The molecule has 1 atom stereocenters. The molecule has 0 aromatic heterocycles. The Hall–Kier alpha value is -2.62. The van der Waals surface area contributed by atoms with E-state index < -0.39 is 6.04 Å². The first-order valence-electron chi connectivity index (χ1n) is 9.76. The summed E-state index contributed by atoms with van der Waals surface area (Å²) in [7, 11) is 0. The molecule has 4 nitrogen and oxygen atoms in total. The van der Waals surface area contributed by atoms with Gasteiger partial charge in [0.1, 0.15) is 6.04 Å². The number of unbranched alkanes of at least 4 members (excludes halogenated alkanes) is 1. The lowest BCUT2D eigenvalue weighted by Crippen LogP contribution is -2.47. The van der Waals surface area contributed by atoms with Crippen molar-refractivity contribution in [3.8, 4) is 0 Å². The van der Waals surface area contributed by atoms with E-state index >= 15 is 0 Å². The molecule has 27 heavy (non-hydrogen) atoms. The summed E-state index contributed by atoms with van der Waals surface area (Å²) in [5, 5.41) is 2.95. The Kier molecular flexibility index (Phi) is 8.56. The van der Waals surface area contributed by atoms with Crippen LogP contribution in [0.1, 0.15) is 44.2 Å². The Bertz CT molecular complexity index is 701. The summed E-state index contributed by atoms with van der Waals surface area (Å²) in [5.74, 6) is -0.0895. The zero-order valence-electron chi connectivity index (χ0n) is 16.4. The second kappa shape index (κ2) is 11.2. The minimum absolute atomic E-state index is 0.000785. The number of nitrogens with one attached hydrogen (secondary N) is 1. The monoisotopic (exact) mass is 366 g/mol. The standard InChI is InChI=1S/C23H30N2O2/c1-3-4-17-24-23(27)19(2)25(18-21-13-9-6-10-14-21)22(26)16-15-20-11-7-5-8-12-20/h5-14,19H,3-4,15-18H2,1-2H3,(H,24,27)/t19-/m0/s1. The summed E-state index contributed by atoms with van der Waals surface area (Å²) in [6.07, 6.45) is 3.04. The Morgan fingerprint density at radius 1 is 0.963 bits per heavy atom.